The van der Waals surface area contributed by atoms with Gasteiger partial charge < -0.3 is 4.42 Å². The van der Waals surface area contributed by atoms with Crippen molar-refractivity contribution < 1.29 is 4.42 Å². The minimum Gasteiger partial charge on any atom is -0.473 e. The van der Waals surface area contributed by atoms with Crippen molar-refractivity contribution in [1.29, 1.82) is 0 Å². The highest BCUT2D eigenvalue weighted by molar-refractivity contribution is 7.07. The lowest BCUT2D eigenvalue weighted by Gasteiger charge is -1.70. The maximum Gasteiger partial charge on any atom is 0.0902 e. The number of furan rings is 1. The van der Waals surface area contributed by atoms with Crippen molar-refractivity contribution in [3.63, 3.8) is 0 Å². The fourth-order valence-corrected chi connectivity index (χ4v) is 1.22. The van der Waals surface area contributed by atoms with Crippen LogP contribution in [0.1, 0.15) is 83.1 Å². The fourth-order valence-electron chi connectivity index (χ4n) is 0.766. The molecule has 28 heavy (non-hydrogen) atoms. The number of hydrogen-bond donors (Lipinski definition) is 0. The lowest BCUT2D eigenvalue weighted by molar-refractivity contribution is 0.567. The molecule has 0 saturated heterocycles. The summed E-state index contributed by atoms with van der Waals surface area (Å²) in [5, 5.41) is 4.08. The molecule has 2 nitrogen and oxygen atoms in total. The van der Waals surface area contributed by atoms with Gasteiger partial charge in [-0.2, -0.15) is 11.3 Å². The number of hydrogen-bond acceptors (Lipinski definition) is 3. The molecule has 0 aliphatic rings. The first-order valence-electron chi connectivity index (χ1n) is 10.8. The molecule has 0 bridgehead atoms. The van der Waals surface area contributed by atoms with Crippen molar-refractivity contribution in [2.45, 2.75) is 83.1 Å². The summed E-state index contributed by atoms with van der Waals surface area (Å²) in [6.07, 6.45) is 6.75. The summed E-state index contributed by atoms with van der Waals surface area (Å²) in [6, 6.07) is 13.4. The zero-order valence-electron chi connectivity index (χ0n) is 20.8. The van der Waals surface area contributed by atoms with Crippen molar-refractivity contribution in [3.8, 4) is 0 Å². The van der Waals surface area contributed by atoms with Crippen LogP contribution in [0.3, 0.4) is 0 Å². The highest BCUT2D eigenvalue weighted by Crippen LogP contribution is 1.91. The van der Waals surface area contributed by atoms with E-state index in [1.54, 1.807) is 36.3 Å². The molecule has 0 amide bonds. The molecule has 0 radical (unpaired) electrons. The summed E-state index contributed by atoms with van der Waals surface area (Å²) >= 11 is 1.71. The Labute approximate surface area is 182 Å². The molecule has 0 spiro atoms. The Kier molecular flexibility index (Phi) is 107. The molecular formula is C25H49NOS. The van der Waals surface area contributed by atoms with Gasteiger partial charge in [0, 0.05) is 12.4 Å². The number of thiophene rings is 1. The lowest BCUT2D eigenvalue weighted by atomic mass is 10.5. The second kappa shape index (κ2) is 73.3. The summed E-state index contributed by atoms with van der Waals surface area (Å²) in [5.41, 5.74) is 0. The van der Waals surface area contributed by atoms with Crippen molar-refractivity contribution in [3.05, 3.63) is 78.1 Å². The zero-order valence-corrected chi connectivity index (χ0v) is 21.6. The van der Waals surface area contributed by atoms with Gasteiger partial charge in [0.05, 0.1) is 12.5 Å². The first-order chi connectivity index (χ1) is 14.0. The molecule has 0 aliphatic carbocycles. The molecular weight excluding hydrogens is 362 g/mol. The third-order valence-electron chi connectivity index (χ3n) is 1.42. The maximum atomic E-state index is 4.58. The molecule has 3 rings (SSSR count). The standard InChI is InChI=1S/C5H5N.C4H4O.C4H4S.6C2H6/c1-2-4-6-5-3-1;2*1-2-4-5-3-1;6*1-2/h1-5H;2*1-4H;6*1-2H3. The van der Waals surface area contributed by atoms with Crippen LogP contribution in [0.25, 0.3) is 0 Å². The Hall–Kier alpha value is -1.87. The summed E-state index contributed by atoms with van der Waals surface area (Å²) in [6.45, 7) is 24.0. The molecule has 0 fully saturated rings. The fraction of sp³-hybridized carbons (Fsp3) is 0.480. The number of pyridine rings is 1. The minimum atomic E-state index is 1.62. The zero-order chi connectivity index (χ0) is 23.3. The van der Waals surface area contributed by atoms with Crippen LogP contribution in [0, 0.1) is 0 Å². The third-order valence-corrected chi connectivity index (χ3v) is 2.05. The summed E-state index contributed by atoms with van der Waals surface area (Å²) in [5.74, 6) is 0. The second-order valence-electron chi connectivity index (χ2n) is 2.61. The van der Waals surface area contributed by atoms with Crippen LogP contribution >= 0.6 is 11.3 Å². The highest BCUT2D eigenvalue weighted by Gasteiger charge is 1.59. The molecule has 0 aromatic carbocycles. The van der Waals surface area contributed by atoms with Gasteiger partial charge in [-0.3, -0.25) is 4.98 Å². The van der Waals surface area contributed by atoms with Gasteiger partial charge in [-0.1, -0.05) is 101 Å². The van der Waals surface area contributed by atoms with Gasteiger partial charge >= 0.3 is 0 Å². The average molecular weight is 412 g/mol. The van der Waals surface area contributed by atoms with Gasteiger partial charge in [-0.05, 0) is 35.0 Å². The van der Waals surface area contributed by atoms with E-state index in [0.29, 0.717) is 0 Å². The van der Waals surface area contributed by atoms with Gasteiger partial charge in [-0.25, -0.2) is 0 Å². The van der Waals surface area contributed by atoms with E-state index in [-0.39, 0.29) is 0 Å². The first-order valence-corrected chi connectivity index (χ1v) is 11.7. The van der Waals surface area contributed by atoms with Crippen LogP contribution in [0.15, 0.2) is 82.6 Å². The average Bonchev–Trinajstić information content (AvgIpc) is 3.63. The van der Waals surface area contributed by atoms with Gasteiger partial charge in [0.25, 0.3) is 0 Å². The SMILES string of the molecule is CC.CC.CC.CC.CC.CC.c1ccncc1.c1ccoc1.c1ccsc1. The lowest BCUT2D eigenvalue weighted by Crippen LogP contribution is -1.58. The Bertz CT molecular complexity index is 310. The molecule has 0 N–H and O–H groups in total. The minimum absolute atomic E-state index is 1.62. The molecule has 0 saturated carbocycles. The van der Waals surface area contributed by atoms with Crippen molar-refractivity contribution in [1.82, 2.24) is 4.98 Å². The van der Waals surface area contributed by atoms with Crippen molar-refractivity contribution in [2.75, 3.05) is 0 Å². The van der Waals surface area contributed by atoms with E-state index in [1.165, 1.54) is 0 Å². The Balaban J connectivity index is -0.0000000516. The van der Waals surface area contributed by atoms with Crippen LogP contribution in [-0.2, 0) is 0 Å². The topological polar surface area (TPSA) is 26.0 Å². The smallest absolute Gasteiger partial charge is 0.0902 e. The van der Waals surface area contributed by atoms with E-state index in [2.05, 4.69) is 9.40 Å². The van der Waals surface area contributed by atoms with Crippen LogP contribution in [0.5, 0.6) is 0 Å². The molecule has 3 heteroatoms. The summed E-state index contributed by atoms with van der Waals surface area (Å²) in [4.78, 5) is 3.78. The van der Waals surface area contributed by atoms with Crippen LogP contribution in [0.2, 0.25) is 0 Å². The first kappa shape index (κ1) is 40.7. The maximum absolute atomic E-state index is 4.58. The normalized spacial score (nSPS) is 5.86. The van der Waals surface area contributed by atoms with Crippen LogP contribution < -0.4 is 0 Å². The van der Waals surface area contributed by atoms with Gasteiger partial charge in [0.2, 0.25) is 0 Å². The monoisotopic (exact) mass is 411 g/mol. The largest absolute Gasteiger partial charge is 0.473 e. The number of rotatable bonds is 0. The van der Waals surface area contributed by atoms with E-state index >= 15 is 0 Å². The molecule has 0 aliphatic heterocycles. The molecule has 3 aromatic heterocycles. The number of nitrogens with zero attached hydrogens (tertiary/aromatic N) is 1. The Morgan fingerprint density at radius 3 is 0.929 bits per heavy atom. The summed E-state index contributed by atoms with van der Waals surface area (Å²) in [7, 11) is 0. The van der Waals surface area contributed by atoms with Gasteiger partial charge in [0.1, 0.15) is 0 Å². The molecule has 3 heterocycles. The second-order valence-corrected chi connectivity index (χ2v) is 3.43. The summed E-state index contributed by atoms with van der Waals surface area (Å²) < 4.78 is 4.58. The Morgan fingerprint density at radius 2 is 0.821 bits per heavy atom. The molecule has 3 aromatic rings. The predicted molar refractivity (Wildman–Crippen MR) is 135 cm³/mol. The van der Waals surface area contributed by atoms with E-state index in [0.717, 1.165) is 0 Å². The van der Waals surface area contributed by atoms with E-state index in [4.69, 9.17) is 0 Å². The van der Waals surface area contributed by atoms with Crippen LogP contribution in [0.4, 0.5) is 0 Å². The van der Waals surface area contributed by atoms with Crippen molar-refractivity contribution in [2.24, 2.45) is 0 Å². The van der Waals surface area contributed by atoms with Crippen molar-refractivity contribution >= 4 is 11.3 Å². The van der Waals surface area contributed by atoms with Gasteiger partial charge in [-0.15, -0.1) is 0 Å². The molecule has 0 atom stereocenters. The Morgan fingerprint density at radius 1 is 0.464 bits per heavy atom. The van der Waals surface area contributed by atoms with Gasteiger partial charge in [0.15, 0.2) is 0 Å². The molecule has 0 unspecified atom stereocenters. The predicted octanol–water partition coefficient (Wildman–Crippen LogP) is 10.3. The third kappa shape index (κ3) is 64.7. The number of aromatic nitrogens is 1. The van der Waals surface area contributed by atoms with E-state index in [9.17, 15) is 0 Å². The highest BCUT2D eigenvalue weighted by atomic mass is 32.1. The van der Waals surface area contributed by atoms with E-state index in [1.807, 2.05) is 136 Å². The quantitative estimate of drug-likeness (QED) is 0.367. The van der Waals surface area contributed by atoms with E-state index < -0.39 is 0 Å². The van der Waals surface area contributed by atoms with Crippen LogP contribution in [-0.4, -0.2) is 4.98 Å². The molecule has 166 valence electrons.